The molecule has 0 aliphatic heterocycles. The van der Waals surface area contributed by atoms with E-state index in [4.69, 9.17) is 14.9 Å². The van der Waals surface area contributed by atoms with Crippen LogP contribution in [0.2, 0.25) is 0 Å². The van der Waals surface area contributed by atoms with E-state index >= 15 is 0 Å². The third-order valence-corrected chi connectivity index (χ3v) is 2.10. The van der Waals surface area contributed by atoms with Crippen LogP contribution < -0.4 is 5.32 Å². The van der Waals surface area contributed by atoms with Gasteiger partial charge in [-0.3, -0.25) is 4.79 Å². The normalized spacial score (nSPS) is 13.9. The van der Waals surface area contributed by atoms with E-state index in [0.29, 0.717) is 0 Å². The van der Waals surface area contributed by atoms with Gasteiger partial charge in [-0.25, -0.2) is 4.79 Å². The number of carboxylic acid groups (broad SMARTS) is 1. The molecule has 0 aromatic heterocycles. The van der Waals surface area contributed by atoms with E-state index in [1.165, 1.54) is 12.0 Å². The minimum Gasteiger partial charge on any atom is -0.481 e. The number of nitrogens with zero attached hydrogens (tertiary/aromatic N) is 1. The molecule has 0 aliphatic carbocycles. The molecule has 0 saturated carbocycles. The lowest BCUT2D eigenvalue weighted by atomic mass is 10.2. The molecule has 0 aromatic carbocycles. The molecule has 2 atom stereocenters. The summed E-state index contributed by atoms with van der Waals surface area (Å²) in [5.41, 5.74) is 0. The zero-order chi connectivity index (χ0) is 13.4. The molecule has 17 heavy (non-hydrogen) atoms. The highest BCUT2D eigenvalue weighted by Gasteiger charge is 2.15. The molecule has 0 aromatic rings. The standard InChI is InChI=1S/C10H20N2O5/c1-7(13)6-12(2)10(16)11-5-8(17-3)4-9(14)15/h7-8,13H,4-6H2,1-3H3,(H,11,16)(H,14,15). The average molecular weight is 248 g/mol. The minimum atomic E-state index is -0.983. The first-order chi connectivity index (χ1) is 7.86. The highest BCUT2D eigenvalue weighted by Crippen LogP contribution is 1.96. The Bertz CT molecular complexity index is 257. The molecule has 3 N–H and O–H groups in total. The van der Waals surface area contributed by atoms with Gasteiger partial charge in [-0.1, -0.05) is 0 Å². The van der Waals surface area contributed by atoms with Gasteiger partial charge in [0.05, 0.1) is 18.6 Å². The van der Waals surface area contributed by atoms with Gasteiger partial charge in [0.1, 0.15) is 0 Å². The Morgan fingerprint density at radius 3 is 2.47 bits per heavy atom. The average Bonchev–Trinajstić information content (AvgIpc) is 2.22. The highest BCUT2D eigenvalue weighted by molar-refractivity contribution is 5.74. The molecule has 2 amide bonds. The van der Waals surface area contributed by atoms with Gasteiger partial charge in [-0.15, -0.1) is 0 Å². The summed E-state index contributed by atoms with van der Waals surface area (Å²) in [5.74, 6) is -0.983. The Kier molecular flexibility index (Phi) is 7.24. The number of hydrogen-bond acceptors (Lipinski definition) is 4. The van der Waals surface area contributed by atoms with Gasteiger partial charge < -0.3 is 25.2 Å². The Balaban J connectivity index is 3.99. The number of methoxy groups -OCH3 is 1. The number of aliphatic hydroxyl groups excluding tert-OH is 1. The summed E-state index contributed by atoms with van der Waals surface area (Å²) in [7, 11) is 2.93. The largest absolute Gasteiger partial charge is 0.481 e. The van der Waals surface area contributed by atoms with Crippen LogP contribution in [0.15, 0.2) is 0 Å². The fraction of sp³-hybridized carbons (Fsp3) is 0.800. The maximum atomic E-state index is 11.5. The zero-order valence-corrected chi connectivity index (χ0v) is 10.3. The molecule has 0 aliphatic rings. The highest BCUT2D eigenvalue weighted by atomic mass is 16.5. The van der Waals surface area contributed by atoms with Crippen molar-refractivity contribution in [3.05, 3.63) is 0 Å². The summed E-state index contributed by atoms with van der Waals surface area (Å²) in [5, 5.41) is 20.2. The number of hydrogen-bond donors (Lipinski definition) is 3. The lowest BCUT2D eigenvalue weighted by Crippen LogP contribution is -2.44. The Morgan fingerprint density at radius 2 is 2.06 bits per heavy atom. The third-order valence-electron chi connectivity index (χ3n) is 2.10. The molecule has 7 nitrogen and oxygen atoms in total. The second-order valence-electron chi connectivity index (χ2n) is 3.87. The van der Waals surface area contributed by atoms with Gasteiger partial charge in [-0.2, -0.15) is 0 Å². The summed E-state index contributed by atoms with van der Waals surface area (Å²) < 4.78 is 4.91. The Labute approximate surface area is 100 Å². The Hall–Kier alpha value is -1.34. The lowest BCUT2D eigenvalue weighted by Gasteiger charge is -2.21. The molecule has 0 spiro atoms. The molecule has 0 saturated heterocycles. The monoisotopic (exact) mass is 248 g/mol. The minimum absolute atomic E-state index is 0.117. The van der Waals surface area contributed by atoms with Crippen molar-refractivity contribution in [2.24, 2.45) is 0 Å². The van der Waals surface area contributed by atoms with Crippen molar-refractivity contribution in [3.8, 4) is 0 Å². The lowest BCUT2D eigenvalue weighted by molar-refractivity contribution is -0.139. The first-order valence-electron chi connectivity index (χ1n) is 5.28. The molecule has 7 heteroatoms. The summed E-state index contributed by atoms with van der Waals surface area (Å²) in [6, 6.07) is -0.377. The van der Waals surface area contributed by atoms with Gasteiger partial charge in [-0.05, 0) is 6.92 Å². The van der Waals surface area contributed by atoms with Crippen molar-refractivity contribution in [2.75, 3.05) is 27.2 Å². The summed E-state index contributed by atoms with van der Waals surface area (Å²) in [6.45, 7) is 1.90. The fourth-order valence-corrected chi connectivity index (χ4v) is 1.25. The number of amides is 2. The van der Waals surface area contributed by atoms with E-state index in [9.17, 15) is 9.59 Å². The number of aliphatic carboxylic acids is 1. The number of likely N-dealkylation sites (N-methyl/N-ethyl adjacent to an activating group) is 1. The quantitative estimate of drug-likeness (QED) is 0.564. The van der Waals surface area contributed by atoms with E-state index in [-0.39, 0.29) is 25.5 Å². The number of carbonyl (C=O) groups is 2. The van der Waals surface area contributed by atoms with Crippen LogP contribution >= 0.6 is 0 Å². The van der Waals surface area contributed by atoms with Crippen molar-refractivity contribution >= 4 is 12.0 Å². The fourth-order valence-electron chi connectivity index (χ4n) is 1.25. The molecule has 0 radical (unpaired) electrons. The maximum absolute atomic E-state index is 11.5. The van der Waals surface area contributed by atoms with Crippen LogP contribution in [-0.4, -0.2) is 66.6 Å². The second kappa shape index (κ2) is 7.86. The second-order valence-corrected chi connectivity index (χ2v) is 3.87. The van der Waals surface area contributed by atoms with Crippen LogP contribution in [0.3, 0.4) is 0 Å². The number of aliphatic hydroxyl groups is 1. The van der Waals surface area contributed by atoms with Gasteiger partial charge in [0, 0.05) is 27.2 Å². The molecular formula is C10H20N2O5. The first kappa shape index (κ1) is 15.7. The number of rotatable bonds is 7. The topological polar surface area (TPSA) is 99.1 Å². The van der Waals surface area contributed by atoms with Gasteiger partial charge in [0.15, 0.2) is 0 Å². The van der Waals surface area contributed by atoms with E-state index in [0.717, 1.165) is 0 Å². The predicted molar refractivity (Wildman–Crippen MR) is 60.8 cm³/mol. The van der Waals surface area contributed by atoms with E-state index in [2.05, 4.69) is 5.32 Å². The van der Waals surface area contributed by atoms with Crippen LogP contribution in [0.5, 0.6) is 0 Å². The van der Waals surface area contributed by atoms with Crippen molar-refractivity contribution in [1.29, 1.82) is 0 Å². The molecule has 0 rings (SSSR count). The van der Waals surface area contributed by atoms with E-state index in [1.807, 2.05) is 0 Å². The molecule has 0 heterocycles. The first-order valence-corrected chi connectivity index (χ1v) is 5.28. The summed E-state index contributed by atoms with van der Waals surface area (Å²) in [6.07, 6.45) is -1.34. The predicted octanol–water partition coefficient (Wildman–Crippen LogP) is -0.502. The zero-order valence-electron chi connectivity index (χ0n) is 10.3. The molecule has 2 unspecified atom stereocenters. The molecular weight excluding hydrogens is 228 g/mol. The van der Waals surface area contributed by atoms with Crippen LogP contribution in [0.25, 0.3) is 0 Å². The molecule has 0 fully saturated rings. The van der Waals surface area contributed by atoms with Gasteiger partial charge in [0.2, 0.25) is 0 Å². The number of carboxylic acids is 1. The van der Waals surface area contributed by atoms with Crippen molar-refractivity contribution < 1.29 is 24.5 Å². The van der Waals surface area contributed by atoms with E-state index < -0.39 is 18.2 Å². The van der Waals surface area contributed by atoms with Gasteiger partial charge >= 0.3 is 12.0 Å². The van der Waals surface area contributed by atoms with Crippen molar-refractivity contribution in [2.45, 2.75) is 25.6 Å². The SMILES string of the molecule is COC(CNC(=O)N(C)CC(C)O)CC(=O)O. The van der Waals surface area contributed by atoms with Crippen LogP contribution in [0.4, 0.5) is 4.79 Å². The van der Waals surface area contributed by atoms with Crippen LogP contribution in [0.1, 0.15) is 13.3 Å². The maximum Gasteiger partial charge on any atom is 0.317 e. The van der Waals surface area contributed by atoms with Crippen LogP contribution in [0, 0.1) is 0 Å². The molecule has 100 valence electrons. The van der Waals surface area contributed by atoms with Crippen molar-refractivity contribution in [3.63, 3.8) is 0 Å². The van der Waals surface area contributed by atoms with Gasteiger partial charge in [0.25, 0.3) is 0 Å². The van der Waals surface area contributed by atoms with E-state index in [1.54, 1.807) is 14.0 Å². The number of nitrogens with one attached hydrogen (secondary N) is 1. The number of carbonyl (C=O) groups excluding carboxylic acids is 1. The summed E-state index contributed by atoms with van der Waals surface area (Å²) >= 11 is 0. The van der Waals surface area contributed by atoms with Crippen LogP contribution in [-0.2, 0) is 9.53 Å². The number of ether oxygens (including phenoxy) is 1. The third kappa shape index (κ3) is 7.53. The summed E-state index contributed by atoms with van der Waals surface area (Å²) in [4.78, 5) is 23.3. The molecule has 0 bridgehead atoms. The smallest absolute Gasteiger partial charge is 0.317 e. The van der Waals surface area contributed by atoms with Crippen molar-refractivity contribution in [1.82, 2.24) is 10.2 Å². The number of urea groups is 1. The Morgan fingerprint density at radius 1 is 1.47 bits per heavy atom.